The Morgan fingerprint density at radius 1 is 0.742 bits per heavy atom. The molecule has 0 spiro atoms. The number of rotatable bonds is 1. The second kappa shape index (κ2) is 7.26. The molecule has 31 heavy (non-hydrogen) atoms. The zero-order valence-electron chi connectivity index (χ0n) is 19.5. The fourth-order valence-electron chi connectivity index (χ4n) is 4.11. The second-order valence-corrected chi connectivity index (χ2v) is 10.4. The summed E-state index contributed by atoms with van der Waals surface area (Å²) in [5.41, 5.74) is 4.89. The van der Waals surface area contributed by atoms with E-state index in [1.54, 1.807) is 0 Å². The van der Waals surface area contributed by atoms with E-state index in [1.807, 2.05) is 25.1 Å². The van der Waals surface area contributed by atoms with Crippen molar-refractivity contribution in [2.75, 3.05) is 0 Å². The summed E-state index contributed by atoms with van der Waals surface area (Å²) in [7, 11) is 0. The van der Waals surface area contributed by atoms with Gasteiger partial charge >= 0.3 is 0 Å². The maximum absolute atomic E-state index is 13.2. The van der Waals surface area contributed by atoms with Gasteiger partial charge in [0, 0.05) is 22.3 Å². The third kappa shape index (κ3) is 3.85. The average molecular weight is 411 g/mol. The minimum Gasteiger partial charge on any atom is -0.289 e. The summed E-state index contributed by atoms with van der Waals surface area (Å²) in [6, 6.07) is 14.6. The first-order valence-electron chi connectivity index (χ1n) is 10.8. The molecule has 0 saturated carbocycles. The van der Waals surface area contributed by atoms with Crippen LogP contribution in [0.15, 0.2) is 87.1 Å². The monoisotopic (exact) mass is 410 g/mol. The van der Waals surface area contributed by atoms with Crippen LogP contribution in [0, 0.1) is 10.8 Å². The second-order valence-electron chi connectivity index (χ2n) is 10.4. The predicted molar refractivity (Wildman–Crippen MR) is 131 cm³/mol. The van der Waals surface area contributed by atoms with Crippen LogP contribution in [0.2, 0.25) is 0 Å². The quantitative estimate of drug-likeness (QED) is 0.507. The van der Waals surface area contributed by atoms with E-state index in [2.05, 4.69) is 77.9 Å². The van der Waals surface area contributed by atoms with Gasteiger partial charge < -0.3 is 0 Å². The maximum atomic E-state index is 13.2. The molecular weight excluding hydrogens is 380 g/mol. The van der Waals surface area contributed by atoms with E-state index in [9.17, 15) is 4.79 Å². The Kier molecular flexibility index (Phi) is 4.96. The number of carbonyl (C=O) groups excluding carboxylic acids is 1. The van der Waals surface area contributed by atoms with Gasteiger partial charge in [-0.25, -0.2) is 9.98 Å². The van der Waals surface area contributed by atoms with Gasteiger partial charge in [0.05, 0.1) is 11.4 Å². The van der Waals surface area contributed by atoms with Gasteiger partial charge in [-0.2, -0.15) is 0 Å². The van der Waals surface area contributed by atoms with Crippen LogP contribution in [0.25, 0.3) is 10.8 Å². The fraction of sp³-hybridized carbons (Fsp3) is 0.321. The molecule has 2 aromatic carbocycles. The van der Waals surface area contributed by atoms with Crippen LogP contribution in [0.5, 0.6) is 0 Å². The molecule has 2 aromatic rings. The van der Waals surface area contributed by atoms with Crippen molar-refractivity contribution in [1.82, 2.24) is 0 Å². The molecule has 1 aliphatic carbocycles. The Morgan fingerprint density at radius 3 is 1.94 bits per heavy atom. The normalized spacial score (nSPS) is 17.6. The zero-order chi connectivity index (χ0) is 22.6. The van der Waals surface area contributed by atoms with Gasteiger partial charge in [0.2, 0.25) is 0 Å². The van der Waals surface area contributed by atoms with E-state index >= 15 is 0 Å². The first-order chi connectivity index (χ1) is 14.5. The highest BCUT2D eigenvalue weighted by Gasteiger charge is 2.35. The van der Waals surface area contributed by atoms with Crippen molar-refractivity contribution in [3.63, 3.8) is 0 Å². The molecule has 2 aliphatic rings. The van der Waals surface area contributed by atoms with Crippen molar-refractivity contribution in [1.29, 1.82) is 0 Å². The highest BCUT2D eigenvalue weighted by atomic mass is 16.1. The van der Waals surface area contributed by atoms with Gasteiger partial charge in [-0.3, -0.25) is 4.79 Å². The Labute approximate surface area is 185 Å². The van der Waals surface area contributed by atoms with E-state index in [4.69, 9.17) is 9.98 Å². The van der Waals surface area contributed by atoms with E-state index in [1.165, 1.54) is 10.8 Å². The lowest BCUT2D eigenvalue weighted by Crippen LogP contribution is -2.28. The minimum absolute atomic E-state index is 0.126. The van der Waals surface area contributed by atoms with Crippen molar-refractivity contribution in [2.24, 2.45) is 20.8 Å². The first-order valence-corrected chi connectivity index (χ1v) is 10.8. The number of nitrogens with zero attached hydrogens (tertiary/aromatic N) is 2. The summed E-state index contributed by atoms with van der Waals surface area (Å²) in [5.74, 6) is 0.803. The zero-order valence-corrected chi connectivity index (χ0v) is 19.5. The molecule has 0 N–H and O–H groups in total. The molecule has 0 saturated heterocycles. The Bertz CT molecular complexity index is 1210. The minimum atomic E-state index is -0.257. The SMILES string of the molecule is CC1=NC(=C2C=C(C(C)(C)C)C(=O)C(C(C)(C)C)=C2)N=C1c1cccc2ccccc12. The third-order valence-corrected chi connectivity index (χ3v) is 5.84. The number of carbonyl (C=O) groups is 1. The van der Waals surface area contributed by atoms with Crippen LogP contribution in [-0.4, -0.2) is 17.2 Å². The first kappa shape index (κ1) is 21.2. The lowest BCUT2D eigenvalue weighted by atomic mass is 9.72. The smallest absolute Gasteiger partial charge is 0.186 e. The Hall–Kier alpha value is -3.07. The van der Waals surface area contributed by atoms with E-state index in [0.29, 0.717) is 5.82 Å². The number of allylic oxidation sites excluding steroid dienone is 5. The topological polar surface area (TPSA) is 41.8 Å². The highest BCUT2D eigenvalue weighted by Crippen LogP contribution is 2.40. The van der Waals surface area contributed by atoms with Gasteiger partial charge in [0.1, 0.15) is 0 Å². The largest absolute Gasteiger partial charge is 0.289 e. The summed E-state index contributed by atoms with van der Waals surface area (Å²) in [6.45, 7) is 14.5. The maximum Gasteiger partial charge on any atom is 0.186 e. The van der Waals surface area contributed by atoms with Crippen molar-refractivity contribution in [2.45, 2.75) is 48.5 Å². The van der Waals surface area contributed by atoms with Gasteiger partial charge in [-0.15, -0.1) is 0 Å². The van der Waals surface area contributed by atoms with Gasteiger partial charge in [0.15, 0.2) is 11.6 Å². The van der Waals surface area contributed by atoms with Crippen LogP contribution in [0.4, 0.5) is 0 Å². The number of benzene rings is 2. The van der Waals surface area contributed by atoms with Crippen LogP contribution < -0.4 is 0 Å². The summed E-state index contributed by atoms with van der Waals surface area (Å²) in [5, 5.41) is 2.35. The molecular formula is C28H30N2O. The lowest BCUT2D eigenvalue weighted by molar-refractivity contribution is -0.114. The third-order valence-electron chi connectivity index (χ3n) is 5.84. The molecule has 0 bridgehead atoms. The van der Waals surface area contributed by atoms with E-state index < -0.39 is 0 Å². The standard InChI is InChI=1S/C28H30N2O/c1-17-24(21-14-10-12-18-11-8-9-13-20(18)21)30-26(29-17)19-15-22(27(2,3)4)25(31)23(16-19)28(5,6)7/h8-16H,1-7H3. The molecule has 0 radical (unpaired) electrons. The number of hydrogen-bond donors (Lipinski definition) is 0. The molecule has 1 aliphatic heterocycles. The fourth-order valence-corrected chi connectivity index (χ4v) is 4.11. The highest BCUT2D eigenvalue weighted by molar-refractivity contribution is 6.51. The molecule has 3 heteroatoms. The van der Waals surface area contributed by atoms with Crippen molar-refractivity contribution >= 4 is 28.0 Å². The van der Waals surface area contributed by atoms with Crippen molar-refractivity contribution in [3.8, 4) is 0 Å². The van der Waals surface area contributed by atoms with Crippen LogP contribution >= 0.6 is 0 Å². The van der Waals surface area contributed by atoms with E-state index in [-0.39, 0.29) is 16.6 Å². The lowest BCUT2D eigenvalue weighted by Gasteiger charge is -2.31. The summed E-state index contributed by atoms with van der Waals surface area (Å²) >= 11 is 0. The number of aliphatic imine (C=N–C) groups is 2. The van der Waals surface area contributed by atoms with Crippen LogP contribution in [0.3, 0.4) is 0 Å². The van der Waals surface area contributed by atoms with Gasteiger partial charge in [0.25, 0.3) is 0 Å². The molecule has 3 nitrogen and oxygen atoms in total. The van der Waals surface area contributed by atoms with Crippen LogP contribution in [-0.2, 0) is 4.79 Å². The number of Topliss-reactive ketones (excluding diaryl/α,β-unsaturated/α-hetero) is 1. The number of hydrogen-bond acceptors (Lipinski definition) is 3. The molecule has 158 valence electrons. The predicted octanol–water partition coefficient (Wildman–Crippen LogP) is 6.84. The Morgan fingerprint density at radius 2 is 1.32 bits per heavy atom. The van der Waals surface area contributed by atoms with E-state index in [0.717, 1.165) is 33.7 Å². The number of fused-ring (bicyclic) bond motifs is 1. The number of ketones is 1. The molecule has 1 heterocycles. The van der Waals surface area contributed by atoms with Crippen molar-refractivity contribution in [3.05, 3.63) is 82.7 Å². The summed E-state index contributed by atoms with van der Waals surface area (Å²) < 4.78 is 0. The molecule has 0 fully saturated rings. The van der Waals surface area contributed by atoms with Gasteiger partial charge in [-0.05, 0) is 40.7 Å². The van der Waals surface area contributed by atoms with Crippen LogP contribution in [0.1, 0.15) is 54.0 Å². The molecule has 0 aromatic heterocycles. The molecule has 0 unspecified atom stereocenters. The Balaban J connectivity index is 1.92. The molecule has 0 amide bonds. The molecule has 4 rings (SSSR count). The van der Waals surface area contributed by atoms with Crippen molar-refractivity contribution < 1.29 is 4.79 Å². The molecule has 0 atom stereocenters. The van der Waals surface area contributed by atoms with Gasteiger partial charge in [-0.1, -0.05) is 84.0 Å². The average Bonchev–Trinajstić information content (AvgIpc) is 3.07. The summed E-state index contributed by atoms with van der Waals surface area (Å²) in [6.07, 6.45) is 3.97. The summed E-state index contributed by atoms with van der Waals surface area (Å²) in [4.78, 5) is 23.0.